The minimum Gasteiger partial charge on any atom is -0.399 e. The van der Waals surface area contributed by atoms with E-state index in [1.165, 1.54) is 12.8 Å². The van der Waals surface area contributed by atoms with Crippen molar-refractivity contribution >= 4 is 17.3 Å². The number of anilines is 2. The summed E-state index contributed by atoms with van der Waals surface area (Å²) in [5, 5.41) is 2.86. The van der Waals surface area contributed by atoms with Gasteiger partial charge in [0.25, 0.3) is 0 Å². The van der Waals surface area contributed by atoms with E-state index in [9.17, 15) is 4.79 Å². The first-order valence-corrected chi connectivity index (χ1v) is 7.55. The van der Waals surface area contributed by atoms with Crippen LogP contribution in [0, 0.1) is 5.92 Å². The van der Waals surface area contributed by atoms with E-state index >= 15 is 0 Å². The molecule has 0 radical (unpaired) electrons. The lowest BCUT2D eigenvalue weighted by Gasteiger charge is -2.16. The van der Waals surface area contributed by atoms with Gasteiger partial charge in [0, 0.05) is 37.5 Å². The Balaban J connectivity index is 1.55. The van der Waals surface area contributed by atoms with Crippen LogP contribution in [0.3, 0.4) is 0 Å². The van der Waals surface area contributed by atoms with E-state index in [4.69, 9.17) is 10.5 Å². The fourth-order valence-corrected chi connectivity index (χ4v) is 1.95. The molecule has 116 valence electrons. The van der Waals surface area contributed by atoms with Crippen molar-refractivity contribution < 1.29 is 9.53 Å². The molecule has 5 heteroatoms. The van der Waals surface area contributed by atoms with Crippen molar-refractivity contribution in [2.45, 2.75) is 19.3 Å². The lowest BCUT2D eigenvalue weighted by Crippen LogP contribution is -2.27. The molecule has 1 aliphatic rings. The van der Waals surface area contributed by atoms with Gasteiger partial charge in [-0.05, 0) is 50.1 Å². The summed E-state index contributed by atoms with van der Waals surface area (Å²) < 4.78 is 5.59. The van der Waals surface area contributed by atoms with Gasteiger partial charge < -0.3 is 20.7 Å². The van der Waals surface area contributed by atoms with Gasteiger partial charge in [-0.2, -0.15) is 0 Å². The van der Waals surface area contributed by atoms with Gasteiger partial charge in [0.15, 0.2) is 0 Å². The average molecular weight is 291 g/mol. The first kappa shape index (κ1) is 15.8. The Morgan fingerprint density at radius 3 is 2.71 bits per heavy atom. The number of nitrogens with one attached hydrogen (secondary N) is 1. The highest BCUT2D eigenvalue weighted by molar-refractivity contribution is 5.90. The second kappa shape index (κ2) is 8.00. The summed E-state index contributed by atoms with van der Waals surface area (Å²) in [6.07, 6.45) is 3.12. The van der Waals surface area contributed by atoms with Crippen LogP contribution in [0.1, 0.15) is 19.3 Å². The van der Waals surface area contributed by atoms with E-state index in [0.717, 1.165) is 37.9 Å². The fraction of sp³-hybridized carbons (Fsp3) is 0.562. The van der Waals surface area contributed by atoms with Crippen LogP contribution in [0.15, 0.2) is 24.3 Å². The maximum Gasteiger partial charge on any atom is 0.225 e. The average Bonchev–Trinajstić information content (AvgIpc) is 3.28. The van der Waals surface area contributed by atoms with Crippen LogP contribution in [0.2, 0.25) is 0 Å². The highest BCUT2D eigenvalue weighted by Gasteiger charge is 2.20. The van der Waals surface area contributed by atoms with Gasteiger partial charge in [-0.15, -0.1) is 0 Å². The van der Waals surface area contributed by atoms with Crippen molar-refractivity contribution in [3.63, 3.8) is 0 Å². The summed E-state index contributed by atoms with van der Waals surface area (Å²) in [4.78, 5) is 13.9. The molecule has 3 N–H and O–H groups in total. The van der Waals surface area contributed by atoms with E-state index in [0.29, 0.717) is 12.1 Å². The zero-order chi connectivity index (χ0) is 15.1. The molecule has 0 aromatic heterocycles. The molecule has 1 aromatic rings. The number of ether oxygens (including phenoxy) is 1. The van der Waals surface area contributed by atoms with Crippen LogP contribution in [-0.4, -0.2) is 44.2 Å². The van der Waals surface area contributed by atoms with Crippen molar-refractivity contribution in [3.05, 3.63) is 24.3 Å². The van der Waals surface area contributed by atoms with Gasteiger partial charge in [0.1, 0.15) is 0 Å². The predicted molar refractivity (Wildman–Crippen MR) is 85.1 cm³/mol. The van der Waals surface area contributed by atoms with Crippen LogP contribution in [0.4, 0.5) is 11.4 Å². The van der Waals surface area contributed by atoms with Gasteiger partial charge in [0.2, 0.25) is 5.91 Å². The third-order valence-corrected chi connectivity index (χ3v) is 3.58. The SMILES string of the molecule is CN(CCOCC1CC1)CCC(=O)Nc1ccc(N)cc1. The number of hydrogen-bond donors (Lipinski definition) is 2. The molecule has 0 atom stereocenters. The molecule has 0 unspecified atom stereocenters. The molecule has 2 rings (SSSR count). The van der Waals surface area contributed by atoms with Crippen molar-refractivity contribution in [2.24, 2.45) is 5.92 Å². The Bertz CT molecular complexity index is 443. The van der Waals surface area contributed by atoms with Crippen molar-refractivity contribution in [2.75, 3.05) is 44.4 Å². The summed E-state index contributed by atoms with van der Waals surface area (Å²) >= 11 is 0. The van der Waals surface area contributed by atoms with E-state index in [1.807, 2.05) is 19.2 Å². The standard InChI is InChI=1S/C16H25N3O2/c1-19(10-11-21-12-13-2-3-13)9-8-16(20)18-15-6-4-14(17)5-7-15/h4-7,13H,2-3,8-12,17H2,1H3,(H,18,20). The molecule has 5 nitrogen and oxygen atoms in total. The normalized spacial score (nSPS) is 14.4. The minimum atomic E-state index is 0.0190. The summed E-state index contributed by atoms with van der Waals surface area (Å²) in [7, 11) is 2.01. The van der Waals surface area contributed by atoms with E-state index in [1.54, 1.807) is 12.1 Å². The second-order valence-corrected chi connectivity index (χ2v) is 5.74. The number of benzene rings is 1. The van der Waals surface area contributed by atoms with E-state index in [-0.39, 0.29) is 5.91 Å². The summed E-state index contributed by atoms with van der Waals surface area (Å²) in [5.41, 5.74) is 7.08. The molecule has 0 spiro atoms. The quantitative estimate of drug-likeness (QED) is 0.539. The van der Waals surface area contributed by atoms with Crippen LogP contribution in [0.5, 0.6) is 0 Å². The maximum absolute atomic E-state index is 11.8. The third kappa shape index (κ3) is 6.60. The number of hydrogen-bond acceptors (Lipinski definition) is 4. The van der Waals surface area contributed by atoms with Gasteiger partial charge in [-0.1, -0.05) is 0 Å². The second-order valence-electron chi connectivity index (χ2n) is 5.74. The molecule has 1 amide bonds. The molecule has 0 heterocycles. The molecule has 1 aliphatic carbocycles. The maximum atomic E-state index is 11.8. The number of carbonyl (C=O) groups excluding carboxylic acids is 1. The third-order valence-electron chi connectivity index (χ3n) is 3.58. The number of rotatable bonds is 9. The van der Waals surface area contributed by atoms with Crippen molar-refractivity contribution in [3.8, 4) is 0 Å². The lowest BCUT2D eigenvalue weighted by molar-refractivity contribution is -0.116. The largest absolute Gasteiger partial charge is 0.399 e. The predicted octanol–water partition coefficient (Wildman–Crippen LogP) is 1.96. The molecule has 1 fully saturated rings. The Morgan fingerprint density at radius 1 is 1.33 bits per heavy atom. The van der Waals surface area contributed by atoms with Crippen LogP contribution in [0.25, 0.3) is 0 Å². The van der Waals surface area contributed by atoms with E-state index in [2.05, 4.69) is 10.2 Å². The van der Waals surface area contributed by atoms with Gasteiger partial charge >= 0.3 is 0 Å². The molecule has 21 heavy (non-hydrogen) atoms. The highest BCUT2D eigenvalue weighted by atomic mass is 16.5. The van der Waals surface area contributed by atoms with Crippen molar-refractivity contribution in [1.82, 2.24) is 4.90 Å². The van der Waals surface area contributed by atoms with E-state index < -0.39 is 0 Å². The number of carbonyl (C=O) groups is 1. The zero-order valence-electron chi connectivity index (χ0n) is 12.7. The monoisotopic (exact) mass is 291 g/mol. The molecule has 1 saturated carbocycles. The Morgan fingerprint density at radius 2 is 2.05 bits per heavy atom. The lowest BCUT2D eigenvalue weighted by atomic mass is 10.2. The smallest absolute Gasteiger partial charge is 0.225 e. The molecule has 0 saturated heterocycles. The molecule has 0 bridgehead atoms. The number of nitrogens with two attached hydrogens (primary N) is 1. The fourth-order valence-electron chi connectivity index (χ4n) is 1.95. The minimum absolute atomic E-state index is 0.0190. The molecular formula is C16H25N3O2. The Hall–Kier alpha value is -1.59. The zero-order valence-corrected chi connectivity index (χ0v) is 12.7. The number of nitrogen functional groups attached to an aromatic ring is 1. The topological polar surface area (TPSA) is 67.6 Å². The molecule has 0 aliphatic heterocycles. The molecular weight excluding hydrogens is 266 g/mol. The Kier molecular flexibility index (Phi) is 6.02. The highest BCUT2D eigenvalue weighted by Crippen LogP contribution is 2.28. The summed E-state index contributed by atoms with van der Waals surface area (Å²) in [6, 6.07) is 7.17. The van der Waals surface area contributed by atoms with Crippen LogP contribution >= 0.6 is 0 Å². The van der Waals surface area contributed by atoms with Crippen LogP contribution < -0.4 is 11.1 Å². The first-order valence-electron chi connectivity index (χ1n) is 7.55. The van der Waals surface area contributed by atoms with Gasteiger partial charge in [-0.3, -0.25) is 4.79 Å². The number of nitrogens with zero attached hydrogens (tertiary/aromatic N) is 1. The summed E-state index contributed by atoms with van der Waals surface area (Å²) in [6.45, 7) is 3.23. The number of likely N-dealkylation sites (N-methyl/N-ethyl adjacent to an activating group) is 1. The van der Waals surface area contributed by atoms with Gasteiger partial charge in [-0.25, -0.2) is 0 Å². The van der Waals surface area contributed by atoms with Gasteiger partial charge in [0.05, 0.1) is 6.61 Å². The Labute approximate surface area is 126 Å². The van der Waals surface area contributed by atoms with Crippen molar-refractivity contribution in [1.29, 1.82) is 0 Å². The van der Waals surface area contributed by atoms with Crippen LogP contribution in [-0.2, 0) is 9.53 Å². The molecule has 1 aromatic carbocycles. The first-order chi connectivity index (χ1) is 10.1. The number of amides is 1. The summed E-state index contributed by atoms with van der Waals surface area (Å²) in [5.74, 6) is 0.825.